The van der Waals surface area contributed by atoms with Gasteiger partial charge in [-0.3, -0.25) is 4.79 Å². The summed E-state index contributed by atoms with van der Waals surface area (Å²) in [7, 11) is 0. The van der Waals surface area contributed by atoms with Gasteiger partial charge in [-0.1, -0.05) is 43.7 Å². The average Bonchev–Trinajstić information content (AvgIpc) is 2.65. The highest BCUT2D eigenvalue weighted by atomic mass is 16.5. The van der Waals surface area contributed by atoms with E-state index in [4.69, 9.17) is 9.47 Å². The van der Waals surface area contributed by atoms with E-state index in [1.165, 1.54) is 13.3 Å². The molecular weight excluding hydrogens is 330 g/mol. The van der Waals surface area contributed by atoms with Gasteiger partial charge in [0.05, 0.1) is 0 Å². The summed E-state index contributed by atoms with van der Waals surface area (Å²) in [5.41, 5.74) is 1.01. The molecule has 0 aliphatic heterocycles. The lowest BCUT2D eigenvalue weighted by molar-refractivity contribution is -0.158. The Bertz CT molecular complexity index is 575. The second kappa shape index (κ2) is 10.2. The van der Waals surface area contributed by atoms with Gasteiger partial charge >= 0.3 is 12.1 Å². The molecule has 2 atom stereocenters. The summed E-state index contributed by atoms with van der Waals surface area (Å²) in [5, 5.41) is 2.82. The predicted molar refractivity (Wildman–Crippen MR) is 101 cm³/mol. The second-order valence-electron chi connectivity index (χ2n) is 7.15. The van der Waals surface area contributed by atoms with Gasteiger partial charge in [0.15, 0.2) is 0 Å². The number of alkyl carbamates (subject to hydrolysis) is 1. The number of nitrogens with one attached hydrogen (secondary N) is 1. The van der Waals surface area contributed by atoms with E-state index in [-0.39, 0.29) is 30.2 Å². The molecule has 0 aromatic heterocycles. The third-order valence-corrected chi connectivity index (χ3v) is 5.42. The molecule has 0 bridgehead atoms. The van der Waals surface area contributed by atoms with E-state index in [2.05, 4.69) is 12.2 Å². The van der Waals surface area contributed by atoms with E-state index in [1.807, 2.05) is 30.3 Å². The molecule has 1 aromatic rings. The van der Waals surface area contributed by atoms with Crippen LogP contribution in [0.5, 0.6) is 0 Å². The van der Waals surface area contributed by atoms with Crippen LogP contribution >= 0.6 is 0 Å². The third-order valence-electron chi connectivity index (χ3n) is 5.42. The van der Waals surface area contributed by atoms with Gasteiger partial charge in [0.1, 0.15) is 12.7 Å². The van der Waals surface area contributed by atoms with Crippen LogP contribution in [0.1, 0.15) is 64.4 Å². The summed E-state index contributed by atoms with van der Waals surface area (Å²) < 4.78 is 10.8. The zero-order chi connectivity index (χ0) is 18.8. The molecule has 0 heterocycles. The molecule has 5 nitrogen and oxygen atoms in total. The number of carbonyl (C=O) groups excluding carboxylic acids is 2. The van der Waals surface area contributed by atoms with E-state index in [1.54, 1.807) is 0 Å². The standard InChI is InChI=1S/C21H31NO4/c1-3-21(13-8-7-12-19(21)26-17(2)23)14-9-15-22-20(24)25-16-18-10-5-4-6-11-18/h4-6,10-11,19H,3,7-9,12-16H2,1-2H3,(H,22,24)/t19-,21-/m0/s1. The van der Waals surface area contributed by atoms with E-state index in [9.17, 15) is 9.59 Å². The molecule has 1 amide bonds. The zero-order valence-electron chi connectivity index (χ0n) is 16.0. The van der Waals surface area contributed by atoms with Crippen LogP contribution in [0, 0.1) is 5.41 Å². The topological polar surface area (TPSA) is 64.6 Å². The lowest BCUT2D eigenvalue weighted by atomic mass is 9.67. The lowest BCUT2D eigenvalue weighted by Crippen LogP contribution is -2.41. The van der Waals surface area contributed by atoms with Crippen LogP contribution in [-0.4, -0.2) is 24.7 Å². The zero-order valence-corrected chi connectivity index (χ0v) is 16.0. The van der Waals surface area contributed by atoms with Crippen molar-refractivity contribution in [1.29, 1.82) is 0 Å². The summed E-state index contributed by atoms with van der Waals surface area (Å²) in [4.78, 5) is 23.3. The molecule has 1 aliphatic rings. The molecule has 1 aromatic carbocycles. The largest absolute Gasteiger partial charge is 0.462 e. The quantitative estimate of drug-likeness (QED) is 0.543. The lowest BCUT2D eigenvalue weighted by Gasteiger charge is -2.43. The van der Waals surface area contributed by atoms with Crippen LogP contribution in [0.15, 0.2) is 30.3 Å². The Balaban J connectivity index is 1.73. The molecule has 1 saturated carbocycles. The van der Waals surface area contributed by atoms with Crippen molar-refractivity contribution < 1.29 is 19.1 Å². The van der Waals surface area contributed by atoms with E-state index in [0.717, 1.165) is 44.1 Å². The number of ether oxygens (including phenoxy) is 2. The smallest absolute Gasteiger partial charge is 0.407 e. The SMILES string of the molecule is CC[C@@]1(CCCNC(=O)OCc2ccccc2)CCCC[C@@H]1OC(C)=O. The summed E-state index contributed by atoms with van der Waals surface area (Å²) in [5.74, 6) is -0.197. The van der Waals surface area contributed by atoms with Crippen molar-refractivity contribution in [1.82, 2.24) is 5.32 Å². The summed E-state index contributed by atoms with van der Waals surface area (Å²) in [6, 6.07) is 9.63. The number of benzene rings is 1. The number of hydrogen-bond acceptors (Lipinski definition) is 4. The molecule has 26 heavy (non-hydrogen) atoms. The monoisotopic (exact) mass is 361 g/mol. The van der Waals surface area contributed by atoms with Crippen LogP contribution in [-0.2, 0) is 20.9 Å². The number of carbonyl (C=O) groups is 2. The molecule has 1 N–H and O–H groups in total. The van der Waals surface area contributed by atoms with Crippen molar-refractivity contribution in [2.45, 2.75) is 71.5 Å². The summed E-state index contributed by atoms with van der Waals surface area (Å²) in [6.07, 6.45) is 6.72. The molecule has 0 radical (unpaired) electrons. The normalized spacial score (nSPS) is 22.5. The Hall–Kier alpha value is -2.04. The Morgan fingerprint density at radius 3 is 2.69 bits per heavy atom. The second-order valence-corrected chi connectivity index (χ2v) is 7.15. The van der Waals surface area contributed by atoms with E-state index >= 15 is 0 Å². The number of hydrogen-bond donors (Lipinski definition) is 1. The van der Waals surface area contributed by atoms with Gasteiger partial charge in [-0.25, -0.2) is 4.79 Å². The Kier molecular flexibility index (Phi) is 7.95. The third kappa shape index (κ3) is 6.04. The number of rotatable bonds is 8. The fourth-order valence-electron chi connectivity index (χ4n) is 3.93. The van der Waals surface area contributed by atoms with Crippen LogP contribution in [0.3, 0.4) is 0 Å². The molecule has 5 heteroatoms. The number of esters is 1. The fraction of sp³-hybridized carbons (Fsp3) is 0.619. The molecular formula is C21H31NO4. The van der Waals surface area contributed by atoms with Gasteiger partial charge in [0.25, 0.3) is 0 Å². The van der Waals surface area contributed by atoms with Crippen molar-refractivity contribution >= 4 is 12.1 Å². The summed E-state index contributed by atoms with van der Waals surface area (Å²) >= 11 is 0. The van der Waals surface area contributed by atoms with E-state index < -0.39 is 0 Å². The van der Waals surface area contributed by atoms with Gasteiger partial charge in [-0.2, -0.15) is 0 Å². The predicted octanol–water partition coefficient (Wildman–Crippen LogP) is 4.60. The minimum atomic E-state index is -0.389. The highest BCUT2D eigenvalue weighted by Gasteiger charge is 2.40. The van der Waals surface area contributed by atoms with Crippen molar-refractivity contribution in [2.24, 2.45) is 5.41 Å². The highest BCUT2D eigenvalue weighted by Crippen LogP contribution is 2.44. The maximum atomic E-state index is 11.8. The van der Waals surface area contributed by atoms with Crippen LogP contribution in [0.25, 0.3) is 0 Å². The van der Waals surface area contributed by atoms with Gasteiger partial charge in [-0.15, -0.1) is 0 Å². The molecule has 0 unspecified atom stereocenters. The molecule has 144 valence electrons. The molecule has 1 fully saturated rings. The van der Waals surface area contributed by atoms with Gasteiger partial charge in [-0.05, 0) is 44.1 Å². The van der Waals surface area contributed by atoms with Crippen LogP contribution in [0.2, 0.25) is 0 Å². The van der Waals surface area contributed by atoms with E-state index in [0.29, 0.717) is 6.54 Å². The van der Waals surface area contributed by atoms with Crippen molar-refractivity contribution in [3.05, 3.63) is 35.9 Å². The first kappa shape index (κ1) is 20.3. The van der Waals surface area contributed by atoms with Gasteiger partial charge in [0, 0.05) is 18.9 Å². The minimum absolute atomic E-state index is 0.00350. The Labute approximate surface area is 156 Å². The van der Waals surface area contributed by atoms with Crippen LogP contribution in [0.4, 0.5) is 4.79 Å². The van der Waals surface area contributed by atoms with Crippen molar-refractivity contribution in [2.75, 3.05) is 6.54 Å². The van der Waals surface area contributed by atoms with Crippen LogP contribution < -0.4 is 5.32 Å². The van der Waals surface area contributed by atoms with Crippen molar-refractivity contribution in [3.63, 3.8) is 0 Å². The van der Waals surface area contributed by atoms with Gasteiger partial charge < -0.3 is 14.8 Å². The maximum Gasteiger partial charge on any atom is 0.407 e. The first-order chi connectivity index (χ1) is 12.6. The minimum Gasteiger partial charge on any atom is -0.462 e. The maximum absolute atomic E-state index is 11.8. The average molecular weight is 361 g/mol. The summed E-state index contributed by atoms with van der Waals surface area (Å²) in [6.45, 7) is 4.50. The molecule has 2 rings (SSSR count). The highest BCUT2D eigenvalue weighted by molar-refractivity contribution is 5.67. The molecule has 1 aliphatic carbocycles. The fourth-order valence-corrected chi connectivity index (χ4v) is 3.93. The molecule has 0 saturated heterocycles. The van der Waals surface area contributed by atoms with Crippen molar-refractivity contribution in [3.8, 4) is 0 Å². The Morgan fingerprint density at radius 1 is 1.23 bits per heavy atom. The first-order valence-electron chi connectivity index (χ1n) is 9.67. The Morgan fingerprint density at radius 2 is 2.00 bits per heavy atom. The first-order valence-corrected chi connectivity index (χ1v) is 9.67. The molecule has 0 spiro atoms. The van der Waals surface area contributed by atoms with Gasteiger partial charge in [0.2, 0.25) is 0 Å². The number of amides is 1.